The van der Waals surface area contributed by atoms with Crippen LogP contribution in [0, 0.1) is 12.3 Å². The molecule has 0 saturated carbocycles. The summed E-state index contributed by atoms with van der Waals surface area (Å²) in [6.07, 6.45) is 7.46. The van der Waals surface area contributed by atoms with Crippen LogP contribution in [0.5, 0.6) is 0 Å². The molecule has 0 bridgehead atoms. The molecule has 0 radical (unpaired) electrons. The van der Waals surface area contributed by atoms with Gasteiger partial charge in [-0.3, -0.25) is 9.69 Å². The molecule has 0 aromatic rings. The summed E-state index contributed by atoms with van der Waals surface area (Å²) in [4.78, 5) is 13.1. The minimum absolute atomic E-state index is 0.00359. The van der Waals surface area contributed by atoms with Crippen molar-refractivity contribution in [3.8, 4) is 12.3 Å². The average molecular weight is 209 g/mol. The third kappa shape index (κ3) is 3.24. The summed E-state index contributed by atoms with van der Waals surface area (Å²) < 4.78 is 5.21. The molecule has 3 heteroatoms. The summed E-state index contributed by atoms with van der Waals surface area (Å²) in [5.74, 6) is 2.56. The van der Waals surface area contributed by atoms with E-state index in [0.717, 1.165) is 25.9 Å². The second kappa shape index (κ2) is 4.67. The zero-order valence-electron chi connectivity index (χ0n) is 9.75. The lowest BCUT2D eigenvalue weighted by Crippen LogP contribution is -2.50. The molecule has 0 aliphatic carbocycles. The van der Waals surface area contributed by atoms with E-state index < -0.39 is 0 Å². The van der Waals surface area contributed by atoms with Gasteiger partial charge in [0.2, 0.25) is 0 Å². The Balaban J connectivity index is 2.57. The van der Waals surface area contributed by atoms with Crippen molar-refractivity contribution >= 4 is 5.97 Å². The Morgan fingerprint density at radius 1 is 1.60 bits per heavy atom. The van der Waals surface area contributed by atoms with Crippen molar-refractivity contribution in [1.29, 1.82) is 0 Å². The van der Waals surface area contributed by atoms with Gasteiger partial charge in [0.1, 0.15) is 6.10 Å². The fourth-order valence-electron chi connectivity index (χ4n) is 1.87. The first kappa shape index (κ1) is 12.1. The van der Waals surface area contributed by atoms with Crippen LogP contribution in [0.15, 0.2) is 0 Å². The van der Waals surface area contributed by atoms with Crippen molar-refractivity contribution in [2.24, 2.45) is 0 Å². The van der Waals surface area contributed by atoms with Gasteiger partial charge in [-0.25, -0.2) is 0 Å². The molecule has 0 N–H and O–H groups in total. The number of hydrogen-bond acceptors (Lipinski definition) is 3. The van der Waals surface area contributed by atoms with Crippen LogP contribution in [0.3, 0.4) is 0 Å². The van der Waals surface area contributed by atoms with Gasteiger partial charge in [-0.15, -0.1) is 6.42 Å². The summed E-state index contributed by atoms with van der Waals surface area (Å²) in [7, 11) is 0. The maximum atomic E-state index is 10.9. The van der Waals surface area contributed by atoms with E-state index in [9.17, 15) is 4.79 Å². The summed E-state index contributed by atoms with van der Waals surface area (Å²) in [6, 6.07) is 0. The maximum Gasteiger partial charge on any atom is 0.302 e. The van der Waals surface area contributed by atoms with E-state index in [1.807, 2.05) is 13.8 Å². The monoisotopic (exact) mass is 209 g/mol. The number of carbonyl (C=O) groups is 1. The van der Waals surface area contributed by atoms with Crippen LogP contribution in [0.25, 0.3) is 0 Å². The van der Waals surface area contributed by atoms with Crippen LogP contribution < -0.4 is 0 Å². The van der Waals surface area contributed by atoms with Gasteiger partial charge in [0, 0.05) is 13.5 Å². The Labute approximate surface area is 91.8 Å². The first-order chi connectivity index (χ1) is 6.95. The average Bonchev–Trinajstić information content (AvgIpc) is 2.17. The van der Waals surface area contributed by atoms with E-state index in [0.29, 0.717) is 0 Å². The molecule has 3 nitrogen and oxygen atoms in total. The zero-order chi connectivity index (χ0) is 11.5. The number of likely N-dealkylation sites (tertiary alicyclic amines) is 1. The second-order valence-corrected chi connectivity index (χ2v) is 4.52. The Bertz CT molecular complexity index is 278. The highest BCUT2D eigenvalue weighted by molar-refractivity contribution is 5.66. The van der Waals surface area contributed by atoms with Crippen molar-refractivity contribution < 1.29 is 9.53 Å². The molecule has 1 aliphatic heterocycles. The maximum absolute atomic E-state index is 10.9. The third-order valence-corrected chi connectivity index (χ3v) is 2.85. The lowest BCUT2D eigenvalue weighted by Gasteiger charge is -2.40. The third-order valence-electron chi connectivity index (χ3n) is 2.85. The van der Waals surface area contributed by atoms with Gasteiger partial charge >= 0.3 is 5.97 Å². The number of esters is 1. The molecule has 15 heavy (non-hydrogen) atoms. The van der Waals surface area contributed by atoms with Gasteiger partial charge in [-0.1, -0.05) is 5.92 Å². The predicted octanol–water partition coefficient (Wildman–Crippen LogP) is 1.43. The van der Waals surface area contributed by atoms with E-state index >= 15 is 0 Å². The highest BCUT2D eigenvalue weighted by Crippen LogP contribution is 2.21. The Morgan fingerprint density at radius 2 is 2.27 bits per heavy atom. The lowest BCUT2D eigenvalue weighted by molar-refractivity contribution is -0.149. The molecule has 1 heterocycles. The lowest BCUT2D eigenvalue weighted by atomic mass is 9.98. The minimum Gasteiger partial charge on any atom is -0.461 e. The molecule has 0 aromatic heterocycles. The first-order valence-electron chi connectivity index (χ1n) is 5.36. The van der Waals surface area contributed by atoms with Crippen molar-refractivity contribution in [3.63, 3.8) is 0 Å². The van der Waals surface area contributed by atoms with Gasteiger partial charge in [0.25, 0.3) is 0 Å². The molecule has 1 rings (SSSR count). The Kier molecular flexibility index (Phi) is 3.76. The van der Waals surface area contributed by atoms with E-state index in [-0.39, 0.29) is 17.6 Å². The van der Waals surface area contributed by atoms with Crippen LogP contribution in [-0.4, -0.2) is 35.6 Å². The van der Waals surface area contributed by atoms with E-state index in [1.54, 1.807) is 0 Å². The molecule has 0 spiro atoms. The molecule has 84 valence electrons. The van der Waals surface area contributed by atoms with Gasteiger partial charge in [-0.05, 0) is 33.2 Å². The molecular formula is C12H19NO2. The molecule has 0 aromatic carbocycles. The van der Waals surface area contributed by atoms with Gasteiger partial charge < -0.3 is 4.74 Å². The summed E-state index contributed by atoms with van der Waals surface area (Å²) in [6.45, 7) is 7.21. The molecular weight excluding hydrogens is 190 g/mol. The predicted molar refractivity (Wildman–Crippen MR) is 59.3 cm³/mol. The first-order valence-corrected chi connectivity index (χ1v) is 5.36. The Hall–Kier alpha value is -1.01. The van der Waals surface area contributed by atoms with E-state index in [4.69, 9.17) is 11.2 Å². The normalized spacial score (nSPS) is 23.2. The number of nitrogens with zero attached hydrogens (tertiary/aromatic N) is 1. The molecule has 1 unspecified atom stereocenters. The van der Waals surface area contributed by atoms with Gasteiger partial charge in [0.05, 0.1) is 5.54 Å². The largest absolute Gasteiger partial charge is 0.461 e. The number of carbonyl (C=O) groups excluding carboxylic acids is 1. The molecule has 0 amide bonds. The zero-order valence-corrected chi connectivity index (χ0v) is 9.75. The summed E-state index contributed by atoms with van der Waals surface area (Å²) in [5, 5.41) is 0. The van der Waals surface area contributed by atoms with E-state index in [1.165, 1.54) is 6.92 Å². The molecule has 1 saturated heterocycles. The van der Waals surface area contributed by atoms with E-state index in [2.05, 4.69) is 10.8 Å². The summed E-state index contributed by atoms with van der Waals surface area (Å²) >= 11 is 0. The highest BCUT2D eigenvalue weighted by Gasteiger charge is 2.30. The number of terminal acetylenes is 1. The number of ether oxygens (including phenoxy) is 1. The van der Waals surface area contributed by atoms with Crippen molar-refractivity contribution in [1.82, 2.24) is 4.90 Å². The Morgan fingerprint density at radius 3 is 2.80 bits per heavy atom. The topological polar surface area (TPSA) is 29.5 Å². The summed E-state index contributed by atoms with van der Waals surface area (Å²) in [5.41, 5.74) is -0.251. The van der Waals surface area contributed by atoms with Crippen molar-refractivity contribution in [2.75, 3.05) is 13.1 Å². The number of rotatable bonds is 2. The standard InChI is InChI=1S/C12H19NO2/c1-5-12(3,4)13-8-6-7-11(9-13)15-10(2)14/h1,11H,6-9H2,2-4H3. The number of piperidine rings is 1. The van der Waals surface area contributed by atoms with Gasteiger partial charge in [0.15, 0.2) is 0 Å². The minimum atomic E-state index is -0.251. The van der Waals surface area contributed by atoms with Crippen LogP contribution in [0.1, 0.15) is 33.6 Å². The van der Waals surface area contributed by atoms with Crippen LogP contribution in [-0.2, 0) is 9.53 Å². The number of hydrogen-bond donors (Lipinski definition) is 0. The quantitative estimate of drug-likeness (QED) is 0.509. The fraction of sp³-hybridized carbons (Fsp3) is 0.750. The molecule has 1 aliphatic rings. The SMILES string of the molecule is C#CC(C)(C)N1CCCC(OC(C)=O)C1. The second-order valence-electron chi connectivity index (χ2n) is 4.52. The highest BCUT2D eigenvalue weighted by atomic mass is 16.5. The van der Waals surface area contributed by atoms with Crippen molar-refractivity contribution in [2.45, 2.75) is 45.3 Å². The van der Waals surface area contributed by atoms with Crippen LogP contribution in [0.2, 0.25) is 0 Å². The van der Waals surface area contributed by atoms with Crippen LogP contribution in [0.4, 0.5) is 0 Å². The fourth-order valence-corrected chi connectivity index (χ4v) is 1.87. The molecule has 1 atom stereocenters. The smallest absolute Gasteiger partial charge is 0.302 e. The van der Waals surface area contributed by atoms with Crippen LogP contribution >= 0.6 is 0 Å². The van der Waals surface area contributed by atoms with Gasteiger partial charge in [-0.2, -0.15) is 0 Å². The molecule has 1 fully saturated rings. The van der Waals surface area contributed by atoms with Crippen molar-refractivity contribution in [3.05, 3.63) is 0 Å².